The average molecular weight is 295 g/mol. The molecule has 22 heavy (non-hydrogen) atoms. The molecule has 6 nitrogen and oxygen atoms in total. The van der Waals surface area contributed by atoms with Gasteiger partial charge in [-0.15, -0.1) is 0 Å². The largest absolute Gasteiger partial charge is 0.478 e. The summed E-state index contributed by atoms with van der Waals surface area (Å²) in [6.45, 7) is 0.562. The number of carboxylic acids is 1. The van der Waals surface area contributed by atoms with Crippen molar-refractivity contribution in [3.05, 3.63) is 53.7 Å². The van der Waals surface area contributed by atoms with Crippen LogP contribution >= 0.6 is 0 Å². The van der Waals surface area contributed by atoms with Crippen molar-refractivity contribution in [2.75, 3.05) is 11.4 Å². The second-order valence-electron chi connectivity index (χ2n) is 5.51. The van der Waals surface area contributed by atoms with E-state index in [1.165, 1.54) is 0 Å². The first kappa shape index (κ1) is 12.8. The maximum atomic E-state index is 11.2. The quantitative estimate of drug-likeness (QED) is 0.861. The van der Waals surface area contributed by atoms with E-state index in [9.17, 15) is 9.90 Å². The number of ether oxygens (including phenoxy) is 1. The summed E-state index contributed by atoms with van der Waals surface area (Å²) in [6.07, 6.45) is 9.20. The van der Waals surface area contributed by atoms with Crippen LogP contribution in [0, 0.1) is 5.41 Å². The van der Waals surface area contributed by atoms with E-state index in [0.29, 0.717) is 13.0 Å². The summed E-state index contributed by atoms with van der Waals surface area (Å²) >= 11 is 0. The Morgan fingerprint density at radius 1 is 1.41 bits per heavy atom. The van der Waals surface area contributed by atoms with Crippen molar-refractivity contribution in [2.24, 2.45) is 15.4 Å². The summed E-state index contributed by atoms with van der Waals surface area (Å²) in [5.41, 5.74) is 2.78. The Kier molecular flexibility index (Phi) is 2.66. The highest BCUT2D eigenvalue weighted by Crippen LogP contribution is 2.45. The van der Waals surface area contributed by atoms with Crippen LogP contribution in [0.5, 0.6) is 0 Å². The third-order valence-corrected chi connectivity index (χ3v) is 4.17. The fourth-order valence-electron chi connectivity index (χ4n) is 3.15. The zero-order chi connectivity index (χ0) is 15.2. The van der Waals surface area contributed by atoms with Crippen molar-refractivity contribution in [2.45, 2.75) is 6.42 Å². The van der Waals surface area contributed by atoms with Crippen LogP contribution in [0.2, 0.25) is 0 Å². The highest BCUT2D eigenvalue weighted by molar-refractivity contribution is 5.90. The number of benzene rings is 1. The predicted octanol–water partition coefficient (Wildman–Crippen LogP) is 2.19. The zero-order valence-corrected chi connectivity index (χ0v) is 11.6. The van der Waals surface area contributed by atoms with Crippen molar-refractivity contribution in [1.82, 2.24) is 0 Å². The van der Waals surface area contributed by atoms with E-state index in [1.807, 2.05) is 23.4 Å². The van der Waals surface area contributed by atoms with Crippen LogP contribution in [-0.2, 0) is 11.2 Å². The van der Waals surface area contributed by atoms with Gasteiger partial charge in [-0.2, -0.15) is 0 Å². The lowest BCUT2D eigenvalue weighted by molar-refractivity contribution is 0.0696. The van der Waals surface area contributed by atoms with Gasteiger partial charge in [-0.25, -0.2) is 9.79 Å². The molecule has 0 saturated carbocycles. The molecule has 0 bridgehead atoms. The normalized spacial score (nSPS) is 24.5. The number of fused-ring (bicyclic) bond motifs is 4. The Bertz CT molecular complexity index is 779. The van der Waals surface area contributed by atoms with Gasteiger partial charge in [-0.1, -0.05) is 0 Å². The Morgan fingerprint density at radius 3 is 3.09 bits per heavy atom. The lowest BCUT2D eigenvalue weighted by atomic mass is 9.75. The lowest BCUT2D eigenvalue weighted by Gasteiger charge is -2.43. The molecular weight excluding hydrogens is 282 g/mol. The minimum absolute atomic E-state index is 0.287. The molecule has 1 aromatic carbocycles. The minimum Gasteiger partial charge on any atom is -0.478 e. The lowest BCUT2D eigenvalue weighted by Crippen LogP contribution is -2.44. The molecule has 3 aliphatic heterocycles. The Hall–Kier alpha value is -2.89. The minimum atomic E-state index is -0.925. The molecule has 1 atom stereocenters. The molecule has 3 aliphatic rings. The number of rotatable bonds is 1. The standard InChI is InChI=1S/C16H13N3O3/c20-15(21)11-1-2-13-12(5-11)6-16(8-17-10-18-9-16)14-7-22-4-3-19(13)14/h1-5,7-8,10H,6,9H2,(H,20,21). The molecule has 1 spiro atoms. The molecule has 1 unspecified atom stereocenters. The van der Waals surface area contributed by atoms with E-state index in [4.69, 9.17) is 4.74 Å². The Morgan fingerprint density at radius 2 is 2.32 bits per heavy atom. The molecule has 4 rings (SSSR count). The smallest absolute Gasteiger partial charge is 0.335 e. The molecule has 0 aliphatic carbocycles. The van der Waals surface area contributed by atoms with Gasteiger partial charge in [0, 0.05) is 18.1 Å². The third-order valence-electron chi connectivity index (χ3n) is 4.17. The molecule has 0 amide bonds. The third kappa shape index (κ3) is 1.77. The van der Waals surface area contributed by atoms with Gasteiger partial charge in [0.1, 0.15) is 18.9 Å². The van der Waals surface area contributed by atoms with Crippen LogP contribution in [0.3, 0.4) is 0 Å². The number of nitrogens with zero attached hydrogens (tertiary/aromatic N) is 3. The summed E-state index contributed by atoms with van der Waals surface area (Å²) in [5, 5.41) is 9.21. The predicted molar refractivity (Wildman–Crippen MR) is 82.2 cm³/mol. The topological polar surface area (TPSA) is 74.5 Å². The van der Waals surface area contributed by atoms with E-state index in [2.05, 4.69) is 9.98 Å². The molecule has 0 radical (unpaired) electrons. The van der Waals surface area contributed by atoms with Gasteiger partial charge in [0.15, 0.2) is 0 Å². The van der Waals surface area contributed by atoms with E-state index < -0.39 is 11.4 Å². The molecule has 1 aromatic rings. The first-order valence-corrected chi connectivity index (χ1v) is 6.90. The highest BCUT2D eigenvalue weighted by Gasteiger charge is 2.43. The van der Waals surface area contributed by atoms with Gasteiger partial charge in [-0.3, -0.25) is 4.99 Å². The van der Waals surface area contributed by atoms with Gasteiger partial charge < -0.3 is 14.7 Å². The number of aliphatic imine (C=N–C) groups is 2. The average Bonchev–Trinajstić information content (AvgIpc) is 2.55. The summed E-state index contributed by atoms with van der Waals surface area (Å²) in [6, 6.07) is 5.18. The van der Waals surface area contributed by atoms with Crippen molar-refractivity contribution in [3.8, 4) is 0 Å². The highest BCUT2D eigenvalue weighted by atomic mass is 16.5. The molecule has 3 heterocycles. The van der Waals surface area contributed by atoms with Crippen LogP contribution in [0.4, 0.5) is 5.69 Å². The van der Waals surface area contributed by atoms with Gasteiger partial charge >= 0.3 is 5.97 Å². The van der Waals surface area contributed by atoms with Gasteiger partial charge in [0.05, 0.1) is 23.2 Å². The molecule has 1 N–H and O–H groups in total. The number of anilines is 1. The molecule has 0 saturated heterocycles. The van der Waals surface area contributed by atoms with E-state index in [0.717, 1.165) is 16.9 Å². The zero-order valence-electron chi connectivity index (χ0n) is 11.6. The summed E-state index contributed by atoms with van der Waals surface area (Å²) in [7, 11) is 0. The van der Waals surface area contributed by atoms with Crippen LogP contribution < -0.4 is 4.90 Å². The monoisotopic (exact) mass is 295 g/mol. The Labute approximate surface area is 126 Å². The molecule has 110 valence electrons. The van der Waals surface area contributed by atoms with Crippen molar-refractivity contribution in [3.63, 3.8) is 0 Å². The maximum absolute atomic E-state index is 11.2. The second-order valence-corrected chi connectivity index (χ2v) is 5.51. The van der Waals surface area contributed by atoms with Crippen LogP contribution in [0.1, 0.15) is 15.9 Å². The SMILES string of the molecule is O=C(O)c1ccc2c(c1)CC1(C=NC=NC1)C1=COC=CN12. The number of carboxylic acid groups (broad SMARTS) is 1. The first-order valence-electron chi connectivity index (χ1n) is 6.90. The van der Waals surface area contributed by atoms with Crippen molar-refractivity contribution < 1.29 is 14.6 Å². The number of carbonyl (C=O) groups is 1. The van der Waals surface area contributed by atoms with Gasteiger partial charge in [-0.05, 0) is 30.2 Å². The van der Waals surface area contributed by atoms with E-state index in [-0.39, 0.29) is 5.56 Å². The fourth-order valence-corrected chi connectivity index (χ4v) is 3.15. The van der Waals surface area contributed by atoms with E-state index in [1.54, 1.807) is 31.0 Å². The molecule has 0 aromatic heterocycles. The number of aromatic carboxylic acids is 1. The van der Waals surface area contributed by atoms with Gasteiger partial charge in [0.2, 0.25) is 0 Å². The molecular formula is C16H13N3O3. The van der Waals surface area contributed by atoms with Crippen molar-refractivity contribution >= 4 is 24.2 Å². The molecule has 6 heteroatoms. The maximum Gasteiger partial charge on any atom is 0.335 e. The van der Waals surface area contributed by atoms with E-state index >= 15 is 0 Å². The fraction of sp³-hybridized carbons (Fsp3) is 0.188. The summed E-state index contributed by atoms with van der Waals surface area (Å²) < 4.78 is 5.35. The molecule has 0 fully saturated rings. The first-order chi connectivity index (χ1) is 10.7. The summed E-state index contributed by atoms with van der Waals surface area (Å²) in [4.78, 5) is 21.7. The Balaban J connectivity index is 1.89. The van der Waals surface area contributed by atoms with Crippen LogP contribution in [-0.4, -0.2) is 30.2 Å². The second kappa shape index (κ2) is 4.56. The number of hydrogen-bond acceptors (Lipinski definition) is 5. The van der Waals surface area contributed by atoms with Gasteiger partial charge in [0.25, 0.3) is 0 Å². The number of hydrogen-bond donors (Lipinski definition) is 1. The van der Waals surface area contributed by atoms with Crippen LogP contribution in [0.25, 0.3) is 0 Å². The van der Waals surface area contributed by atoms with Crippen molar-refractivity contribution in [1.29, 1.82) is 0 Å². The summed E-state index contributed by atoms with van der Waals surface area (Å²) in [5.74, 6) is -0.925. The van der Waals surface area contributed by atoms with Crippen LogP contribution in [0.15, 0.2) is 52.6 Å².